The number of carbonyl (C=O) groups is 1. The van der Waals surface area contributed by atoms with E-state index in [1.165, 1.54) is 7.11 Å². The number of esters is 1. The van der Waals surface area contributed by atoms with E-state index in [1.54, 1.807) is 18.0 Å². The van der Waals surface area contributed by atoms with Crippen LogP contribution in [0, 0.1) is 0 Å². The highest BCUT2D eigenvalue weighted by atomic mass is 16.5. The van der Waals surface area contributed by atoms with Crippen molar-refractivity contribution in [1.29, 1.82) is 0 Å². The minimum absolute atomic E-state index is 0.121. The lowest BCUT2D eigenvalue weighted by molar-refractivity contribution is 0.0225. The molecule has 1 heterocycles. The van der Waals surface area contributed by atoms with Crippen LogP contribution in [0.2, 0.25) is 0 Å². The van der Waals surface area contributed by atoms with Crippen LogP contribution in [0.5, 0.6) is 0 Å². The lowest BCUT2D eigenvalue weighted by atomic mass is 10.4. The number of hydrogen-bond acceptors (Lipinski definition) is 7. The van der Waals surface area contributed by atoms with E-state index in [-0.39, 0.29) is 5.69 Å². The molecular formula is C12H21N3O5. The second-order valence-electron chi connectivity index (χ2n) is 3.91. The van der Waals surface area contributed by atoms with E-state index < -0.39 is 5.97 Å². The third kappa shape index (κ3) is 5.55. The molecule has 8 heteroatoms. The van der Waals surface area contributed by atoms with Crippen LogP contribution in [0.3, 0.4) is 0 Å². The molecule has 0 amide bonds. The molecule has 8 nitrogen and oxygen atoms in total. The molecule has 0 aliphatic carbocycles. The van der Waals surface area contributed by atoms with E-state index in [1.807, 2.05) is 0 Å². The van der Waals surface area contributed by atoms with Gasteiger partial charge in [0.1, 0.15) is 0 Å². The Balaban J connectivity index is 2.18. The summed E-state index contributed by atoms with van der Waals surface area (Å²) in [6, 6.07) is 0. The summed E-state index contributed by atoms with van der Waals surface area (Å²) < 4.78 is 21.6. The molecule has 114 valence electrons. The van der Waals surface area contributed by atoms with Gasteiger partial charge in [0, 0.05) is 13.3 Å². The number of nitrogen functional groups attached to an aromatic ring is 1. The Bertz CT molecular complexity index is 408. The third-order valence-corrected chi connectivity index (χ3v) is 2.44. The van der Waals surface area contributed by atoms with Crippen LogP contribution in [0.4, 0.5) is 5.69 Å². The normalized spacial score (nSPS) is 10.7. The first kappa shape index (κ1) is 16.4. The van der Waals surface area contributed by atoms with Crippen LogP contribution in [0.1, 0.15) is 10.5 Å². The zero-order chi connectivity index (χ0) is 14.8. The monoisotopic (exact) mass is 287 g/mol. The van der Waals surface area contributed by atoms with Gasteiger partial charge in [-0.3, -0.25) is 4.68 Å². The number of nitrogens with zero attached hydrogens (tertiary/aromatic N) is 2. The predicted molar refractivity (Wildman–Crippen MR) is 71.5 cm³/mol. The van der Waals surface area contributed by atoms with Crippen molar-refractivity contribution in [2.75, 3.05) is 53.0 Å². The number of aromatic nitrogens is 2. The third-order valence-electron chi connectivity index (χ3n) is 2.44. The maximum absolute atomic E-state index is 11.3. The molecule has 0 unspecified atom stereocenters. The topological polar surface area (TPSA) is 97.8 Å². The molecule has 0 saturated carbocycles. The van der Waals surface area contributed by atoms with Crippen LogP contribution in [-0.4, -0.2) is 63.0 Å². The minimum atomic E-state index is -0.547. The van der Waals surface area contributed by atoms with E-state index in [0.717, 1.165) is 0 Å². The maximum atomic E-state index is 11.3. The van der Waals surface area contributed by atoms with Gasteiger partial charge < -0.3 is 24.7 Å². The highest BCUT2D eigenvalue weighted by molar-refractivity contribution is 5.92. The van der Waals surface area contributed by atoms with E-state index >= 15 is 0 Å². The Kier molecular flexibility index (Phi) is 7.63. The first-order chi connectivity index (χ1) is 9.69. The lowest BCUT2D eigenvalue weighted by Crippen LogP contribution is -2.12. The van der Waals surface area contributed by atoms with Crippen molar-refractivity contribution < 1.29 is 23.7 Å². The summed E-state index contributed by atoms with van der Waals surface area (Å²) in [5.41, 5.74) is 6.07. The number of hydrogen-bond donors (Lipinski definition) is 1. The molecule has 0 spiro atoms. The van der Waals surface area contributed by atoms with Crippen LogP contribution in [-0.2, 0) is 25.5 Å². The molecule has 0 fully saturated rings. The zero-order valence-corrected chi connectivity index (χ0v) is 11.8. The number of nitrogens with two attached hydrogens (primary N) is 1. The molecule has 0 aliphatic heterocycles. The van der Waals surface area contributed by atoms with Crippen molar-refractivity contribution in [3.8, 4) is 0 Å². The molecule has 0 radical (unpaired) electrons. The first-order valence-electron chi connectivity index (χ1n) is 6.24. The molecule has 2 N–H and O–H groups in total. The summed E-state index contributed by atoms with van der Waals surface area (Å²) in [6.45, 7) is 3.08. The Labute approximate surface area is 117 Å². The van der Waals surface area contributed by atoms with Crippen LogP contribution < -0.4 is 5.73 Å². The molecule has 0 atom stereocenters. The fraction of sp³-hybridized carbons (Fsp3) is 0.667. The molecule has 1 aromatic heterocycles. The minimum Gasteiger partial charge on any atom is -0.464 e. The fourth-order valence-electron chi connectivity index (χ4n) is 1.43. The SMILES string of the molecule is COCCOCCOCCn1cc(N)c(C(=O)OC)n1. The average Bonchev–Trinajstić information content (AvgIpc) is 2.82. The van der Waals surface area contributed by atoms with Crippen molar-refractivity contribution in [3.63, 3.8) is 0 Å². The van der Waals surface area contributed by atoms with Crippen LogP contribution >= 0.6 is 0 Å². The molecule has 20 heavy (non-hydrogen) atoms. The van der Waals surface area contributed by atoms with Gasteiger partial charge in [-0.2, -0.15) is 5.10 Å². The van der Waals surface area contributed by atoms with E-state index in [2.05, 4.69) is 9.84 Å². The summed E-state index contributed by atoms with van der Waals surface area (Å²) >= 11 is 0. The van der Waals surface area contributed by atoms with E-state index in [4.69, 9.17) is 19.9 Å². The second kappa shape index (κ2) is 9.29. The van der Waals surface area contributed by atoms with E-state index in [9.17, 15) is 4.79 Å². The summed E-state index contributed by atoms with van der Waals surface area (Å²) in [5, 5.41) is 4.03. The van der Waals surface area contributed by atoms with Crippen LogP contribution in [0.25, 0.3) is 0 Å². The average molecular weight is 287 g/mol. The van der Waals surface area contributed by atoms with Crippen molar-refractivity contribution in [1.82, 2.24) is 9.78 Å². The zero-order valence-electron chi connectivity index (χ0n) is 11.8. The standard InChI is InChI=1S/C12H21N3O5/c1-17-5-6-20-8-7-19-4-3-15-9-10(13)11(14-15)12(16)18-2/h9H,3-8,13H2,1-2H3. The van der Waals surface area contributed by atoms with Gasteiger partial charge in [0.25, 0.3) is 0 Å². The maximum Gasteiger partial charge on any atom is 0.360 e. The van der Waals surface area contributed by atoms with Crippen molar-refractivity contribution in [3.05, 3.63) is 11.9 Å². The lowest BCUT2D eigenvalue weighted by Gasteiger charge is -2.05. The van der Waals surface area contributed by atoms with Crippen LogP contribution in [0.15, 0.2) is 6.20 Å². The fourth-order valence-corrected chi connectivity index (χ4v) is 1.43. The Morgan fingerprint density at radius 1 is 1.20 bits per heavy atom. The molecule has 1 aromatic rings. The van der Waals surface area contributed by atoms with Gasteiger partial charge in [-0.25, -0.2) is 4.79 Å². The second-order valence-corrected chi connectivity index (χ2v) is 3.91. The van der Waals surface area contributed by atoms with Gasteiger partial charge in [-0.15, -0.1) is 0 Å². The molecule has 0 aliphatic rings. The first-order valence-corrected chi connectivity index (χ1v) is 6.24. The molecule has 1 rings (SSSR count). The van der Waals surface area contributed by atoms with Crippen molar-refractivity contribution in [2.24, 2.45) is 0 Å². The highest BCUT2D eigenvalue weighted by Crippen LogP contribution is 2.09. The summed E-state index contributed by atoms with van der Waals surface area (Å²) in [5.74, 6) is -0.547. The van der Waals surface area contributed by atoms with Gasteiger partial charge in [0.05, 0.1) is 52.4 Å². The number of ether oxygens (including phenoxy) is 4. The Hall–Kier alpha value is -1.64. The summed E-state index contributed by atoms with van der Waals surface area (Å²) in [7, 11) is 2.91. The van der Waals surface area contributed by atoms with Crippen molar-refractivity contribution in [2.45, 2.75) is 6.54 Å². The number of methoxy groups -OCH3 is 2. The summed E-state index contributed by atoms with van der Waals surface area (Å²) in [4.78, 5) is 11.3. The Morgan fingerprint density at radius 2 is 1.85 bits per heavy atom. The van der Waals surface area contributed by atoms with E-state index in [0.29, 0.717) is 45.3 Å². The number of anilines is 1. The summed E-state index contributed by atoms with van der Waals surface area (Å²) in [6.07, 6.45) is 1.57. The Morgan fingerprint density at radius 3 is 2.50 bits per heavy atom. The largest absolute Gasteiger partial charge is 0.464 e. The molecular weight excluding hydrogens is 266 g/mol. The van der Waals surface area contributed by atoms with Gasteiger partial charge >= 0.3 is 5.97 Å². The quantitative estimate of drug-likeness (QED) is 0.475. The smallest absolute Gasteiger partial charge is 0.360 e. The molecule has 0 saturated heterocycles. The van der Waals surface area contributed by atoms with Gasteiger partial charge in [-0.05, 0) is 0 Å². The predicted octanol–water partition coefficient (Wildman–Crippen LogP) is -0.0685. The van der Waals surface area contributed by atoms with Gasteiger partial charge in [-0.1, -0.05) is 0 Å². The van der Waals surface area contributed by atoms with Gasteiger partial charge in [0.2, 0.25) is 0 Å². The van der Waals surface area contributed by atoms with Crippen molar-refractivity contribution >= 4 is 11.7 Å². The number of rotatable bonds is 10. The molecule has 0 aromatic carbocycles. The number of carbonyl (C=O) groups excluding carboxylic acids is 1. The van der Waals surface area contributed by atoms with Gasteiger partial charge in [0.15, 0.2) is 5.69 Å². The molecule has 0 bridgehead atoms. The highest BCUT2D eigenvalue weighted by Gasteiger charge is 2.14.